The fourth-order valence-corrected chi connectivity index (χ4v) is 3.98. The predicted octanol–water partition coefficient (Wildman–Crippen LogP) is -1.16. The van der Waals surface area contributed by atoms with Gasteiger partial charge in [-0.3, -0.25) is 0 Å². The van der Waals surface area contributed by atoms with Gasteiger partial charge in [-0.15, -0.1) is 0 Å². The number of rotatable bonds is 11. The van der Waals surface area contributed by atoms with E-state index in [-0.39, 0.29) is 0 Å². The molecule has 198 valence electrons. The Morgan fingerprint density at radius 2 is 0.973 bits per heavy atom. The molecule has 0 spiro atoms. The minimum atomic E-state index is -4.05. The highest BCUT2D eigenvalue weighted by molar-refractivity contribution is 5.73. The summed E-state index contributed by atoms with van der Waals surface area (Å²) in [5.41, 5.74) is -0.344. The van der Waals surface area contributed by atoms with Crippen LogP contribution in [0.25, 0.3) is 0 Å². The molecule has 9 N–H and O–H groups in total. The highest BCUT2D eigenvalue weighted by Gasteiger charge is 2.59. The number of aliphatic hydroxyl groups is 8. The Morgan fingerprint density at radius 3 is 1.30 bits per heavy atom. The number of ether oxygens (including phenoxy) is 1. The summed E-state index contributed by atoms with van der Waals surface area (Å²) in [6.45, 7) is 0. The average molecular weight is 516 g/mol. The van der Waals surface area contributed by atoms with Crippen molar-refractivity contribution in [2.45, 2.75) is 41.8 Å². The molecule has 4 unspecified atom stereocenters. The van der Waals surface area contributed by atoms with Crippen LogP contribution in [0.15, 0.2) is 91.0 Å². The van der Waals surface area contributed by atoms with Gasteiger partial charge in [0.15, 0.2) is 18.5 Å². The number of aliphatic carboxylic acids is 1. The molecule has 11 nitrogen and oxygen atoms in total. The second-order valence-electron chi connectivity index (χ2n) is 8.44. The summed E-state index contributed by atoms with van der Waals surface area (Å²) >= 11 is 0. The first-order valence-electron chi connectivity index (χ1n) is 11.1. The lowest BCUT2D eigenvalue weighted by molar-refractivity contribution is -0.384. The lowest BCUT2D eigenvalue weighted by atomic mass is 9.80. The van der Waals surface area contributed by atoms with Crippen molar-refractivity contribution >= 4 is 5.97 Å². The van der Waals surface area contributed by atoms with E-state index in [2.05, 4.69) is 0 Å². The molecule has 0 saturated heterocycles. The van der Waals surface area contributed by atoms with Crippen LogP contribution in [-0.2, 0) is 15.1 Å². The van der Waals surface area contributed by atoms with Gasteiger partial charge in [-0.2, -0.15) is 0 Å². The Hall–Kier alpha value is -3.23. The zero-order valence-corrected chi connectivity index (χ0v) is 19.3. The first-order valence-corrected chi connectivity index (χ1v) is 11.1. The fourth-order valence-electron chi connectivity index (χ4n) is 3.98. The van der Waals surface area contributed by atoms with Crippen LogP contribution in [0.4, 0.5) is 0 Å². The minimum absolute atomic E-state index is 0.445. The third-order valence-electron chi connectivity index (χ3n) is 5.99. The van der Waals surface area contributed by atoms with Gasteiger partial charge in [0, 0.05) is 0 Å². The molecule has 3 aromatic carbocycles. The molecule has 0 aliphatic rings. The van der Waals surface area contributed by atoms with Crippen molar-refractivity contribution in [3.63, 3.8) is 0 Å². The summed E-state index contributed by atoms with van der Waals surface area (Å²) in [4.78, 5) is 11.0. The molecule has 11 heteroatoms. The van der Waals surface area contributed by atoms with Crippen molar-refractivity contribution < 1.29 is 55.5 Å². The number of aliphatic hydroxyl groups excluding tert-OH is 4. The highest BCUT2D eigenvalue weighted by Crippen LogP contribution is 2.42. The van der Waals surface area contributed by atoms with Crippen molar-refractivity contribution in [1.82, 2.24) is 0 Å². The van der Waals surface area contributed by atoms with E-state index in [4.69, 9.17) is 9.84 Å². The molecule has 0 radical (unpaired) electrons. The summed E-state index contributed by atoms with van der Waals surface area (Å²) in [5, 5.41) is 90.5. The van der Waals surface area contributed by atoms with E-state index in [9.17, 15) is 45.6 Å². The van der Waals surface area contributed by atoms with Gasteiger partial charge in [0.05, 0.1) is 0 Å². The predicted molar refractivity (Wildman–Crippen MR) is 126 cm³/mol. The van der Waals surface area contributed by atoms with Gasteiger partial charge in [0.1, 0.15) is 5.60 Å². The number of carboxylic acid groups (broad SMARTS) is 1. The Bertz CT molecular complexity index is 1060. The summed E-state index contributed by atoms with van der Waals surface area (Å²) in [6.07, 6.45) is -11.8. The molecule has 0 heterocycles. The van der Waals surface area contributed by atoms with E-state index >= 15 is 0 Å². The molecule has 0 fully saturated rings. The van der Waals surface area contributed by atoms with Crippen LogP contribution in [0.2, 0.25) is 0 Å². The van der Waals surface area contributed by atoms with E-state index in [1.807, 2.05) is 0 Å². The fraction of sp³-hybridized carbons (Fsp3) is 0.269. The van der Waals surface area contributed by atoms with E-state index in [0.717, 1.165) is 0 Å². The highest BCUT2D eigenvalue weighted by atomic mass is 16.6. The summed E-state index contributed by atoms with van der Waals surface area (Å²) < 4.78 is 5.95. The molecular weight excluding hydrogens is 488 g/mol. The van der Waals surface area contributed by atoms with E-state index in [1.165, 1.54) is 0 Å². The van der Waals surface area contributed by atoms with E-state index in [1.54, 1.807) is 91.0 Å². The molecule has 37 heavy (non-hydrogen) atoms. The Morgan fingerprint density at radius 1 is 0.622 bits per heavy atom. The zero-order valence-electron chi connectivity index (χ0n) is 19.3. The van der Waals surface area contributed by atoms with Crippen molar-refractivity contribution in [3.05, 3.63) is 108 Å². The second kappa shape index (κ2) is 11.0. The largest absolute Gasteiger partial charge is 0.479 e. The van der Waals surface area contributed by atoms with Crippen LogP contribution in [0, 0.1) is 0 Å². The zero-order chi connectivity index (χ0) is 27.4. The topological polar surface area (TPSA) is 208 Å². The monoisotopic (exact) mass is 516 g/mol. The van der Waals surface area contributed by atoms with E-state index < -0.39 is 47.7 Å². The van der Waals surface area contributed by atoms with Crippen LogP contribution in [0.5, 0.6) is 0 Å². The Kier molecular flexibility index (Phi) is 8.45. The van der Waals surface area contributed by atoms with Gasteiger partial charge in [-0.1, -0.05) is 91.0 Å². The van der Waals surface area contributed by atoms with Gasteiger partial charge in [0.25, 0.3) is 0 Å². The number of carbonyl (C=O) groups is 1. The van der Waals surface area contributed by atoms with Crippen LogP contribution in [-0.4, -0.2) is 88.1 Å². The third kappa shape index (κ3) is 5.40. The van der Waals surface area contributed by atoms with Crippen LogP contribution < -0.4 is 0 Å². The Balaban J connectivity index is 2.10. The molecule has 4 atom stereocenters. The molecule has 0 saturated carbocycles. The normalized spacial score (nSPS) is 16.0. The maximum Gasteiger partial charge on any atom is 0.338 e. The number of carboxylic acids is 1. The summed E-state index contributed by atoms with van der Waals surface area (Å²) in [7, 11) is 0. The van der Waals surface area contributed by atoms with Gasteiger partial charge in [-0.05, 0) is 16.7 Å². The average Bonchev–Trinajstić information content (AvgIpc) is 2.91. The smallest absolute Gasteiger partial charge is 0.338 e. The molecule has 0 aromatic heterocycles. The van der Waals surface area contributed by atoms with Gasteiger partial charge < -0.3 is 50.7 Å². The van der Waals surface area contributed by atoms with Gasteiger partial charge in [0.2, 0.25) is 17.7 Å². The van der Waals surface area contributed by atoms with Crippen LogP contribution in [0.3, 0.4) is 0 Å². The van der Waals surface area contributed by atoms with Crippen molar-refractivity contribution in [2.24, 2.45) is 0 Å². The van der Waals surface area contributed by atoms with Gasteiger partial charge in [-0.25, -0.2) is 4.79 Å². The summed E-state index contributed by atoms with van der Waals surface area (Å²) in [5.74, 6) is -10.3. The van der Waals surface area contributed by atoms with Crippen LogP contribution in [0.1, 0.15) is 16.7 Å². The summed E-state index contributed by atoms with van der Waals surface area (Å²) in [6, 6.07) is 25.3. The molecule has 0 aliphatic carbocycles. The van der Waals surface area contributed by atoms with E-state index in [0.29, 0.717) is 16.7 Å². The first-order chi connectivity index (χ1) is 17.4. The number of hydrogen-bond acceptors (Lipinski definition) is 10. The van der Waals surface area contributed by atoms with Crippen LogP contribution >= 0.6 is 0 Å². The molecule has 3 rings (SSSR count). The lowest BCUT2D eigenvalue weighted by Gasteiger charge is -2.43. The third-order valence-corrected chi connectivity index (χ3v) is 5.99. The molecule has 0 amide bonds. The number of benzene rings is 3. The molecular formula is C26H28O11. The molecule has 0 aliphatic heterocycles. The number of hydrogen-bond donors (Lipinski definition) is 9. The van der Waals surface area contributed by atoms with Crippen molar-refractivity contribution in [1.29, 1.82) is 0 Å². The first kappa shape index (κ1) is 28.3. The standard InChI is InChI=1S/C26H28O11/c27-19(21(29)30)25(33,34)23(32)26(35,36)20(28)22(31)37-24(16-10-4-1-5-11-16,17-12-6-2-7-13-17)18-14-8-3-9-15-18/h1-15,19-20,22-23,27-28,31-36H,(H,29,30). The maximum absolute atomic E-state index is 11.0. The SMILES string of the molecule is O=C(O)C(O)C(O)(O)C(O)C(O)(O)C(O)C(O)OC(c1ccccc1)(c1ccccc1)c1ccccc1. The maximum atomic E-state index is 11.0. The Labute approximate surface area is 211 Å². The van der Waals surface area contributed by atoms with Gasteiger partial charge >= 0.3 is 5.97 Å². The van der Waals surface area contributed by atoms with Crippen molar-refractivity contribution in [3.8, 4) is 0 Å². The molecule has 3 aromatic rings. The second-order valence-corrected chi connectivity index (χ2v) is 8.44. The lowest BCUT2D eigenvalue weighted by Crippen LogP contribution is -2.69. The minimum Gasteiger partial charge on any atom is -0.479 e. The molecule has 0 bridgehead atoms. The quantitative estimate of drug-likeness (QED) is 0.110. The van der Waals surface area contributed by atoms with Crippen molar-refractivity contribution in [2.75, 3.05) is 0 Å².